The van der Waals surface area contributed by atoms with E-state index in [1.165, 1.54) is 6.20 Å². The van der Waals surface area contributed by atoms with Gasteiger partial charge in [0.05, 0.1) is 6.20 Å². The van der Waals surface area contributed by atoms with Gasteiger partial charge in [0, 0.05) is 5.69 Å². The van der Waals surface area contributed by atoms with E-state index >= 15 is 0 Å². The van der Waals surface area contributed by atoms with E-state index in [9.17, 15) is 4.39 Å². The van der Waals surface area contributed by atoms with Gasteiger partial charge in [0.15, 0.2) is 0 Å². The minimum atomic E-state index is -0.201. The Morgan fingerprint density at radius 3 is 2.80 bits per heavy atom. The molecule has 2 heteroatoms. The van der Waals surface area contributed by atoms with Gasteiger partial charge in [-0.25, -0.2) is 4.39 Å². The molecule has 0 aromatic carbocycles. The monoisotopic (exact) mass is 139 g/mol. The fourth-order valence-electron chi connectivity index (χ4n) is 0.871. The molecule has 1 aromatic heterocycles. The van der Waals surface area contributed by atoms with Crippen molar-refractivity contribution in [2.24, 2.45) is 0 Å². The lowest BCUT2D eigenvalue weighted by Crippen LogP contribution is -1.90. The summed E-state index contributed by atoms with van der Waals surface area (Å²) in [5, 5.41) is 0. The number of nitrogens with zero attached hydrogens (tertiary/aromatic N) is 1. The second-order valence-corrected chi connectivity index (χ2v) is 2.27. The average molecular weight is 139 g/mol. The third-order valence-electron chi connectivity index (χ3n) is 1.45. The van der Waals surface area contributed by atoms with Gasteiger partial charge in [0.25, 0.3) is 0 Å². The molecule has 0 N–H and O–H groups in total. The number of rotatable bonds is 1. The molecule has 1 nitrogen and oxygen atoms in total. The average Bonchev–Trinajstić information content (AvgIpc) is 1.94. The molecule has 0 aliphatic carbocycles. The summed E-state index contributed by atoms with van der Waals surface area (Å²) < 4.78 is 12.7. The van der Waals surface area contributed by atoms with Gasteiger partial charge >= 0.3 is 0 Å². The summed E-state index contributed by atoms with van der Waals surface area (Å²) in [5.41, 5.74) is 1.62. The molecule has 0 aliphatic heterocycles. The Kier molecular flexibility index (Phi) is 2.00. The molecule has 0 saturated heterocycles. The Morgan fingerprint density at radius 1 is 1.60 bits per heavy atom. The maximum absolute atomic E-state index is 12.7. The van der Waals surface area contributed by atoms with Crippen molar-refractivity contribution in [3.8, 4) is 0 Å². The number of hydrogen-bond donors (Lipinski definition) is 0. The Hall–Kier alpha value is -0.920. The highest BCUT2D eigenvalue weighted by molar-refractivity contribution is 5.16. The summed E-state index contributed by atoms with van der Waals surface area (Å²) in [6.07, 6.45) is 2.00. The maximum Gasteiger partial charge on any atom is 0.144 e. The first-order valence-electron chi connectivity index (χ1n) is 3.35. The quantitative estimate of drug-likeness (QED) is 0.580. The van der Waals surface area contributed by atoms with Crippen LogP contribution in [0.4, 0.5) is 4.39 Å². The van der Waals surface area contributed by atoms with Gasteiger partial charge in [-0.15, -0.1) is 0 Å². The van der Waals surface area contributed by atoms with E-state index in [1.54, 1.807) is 6.07 Å². The molecule has 0 bridgehead atoms. The largest absolute Gasteiger partial charge is 0.259 e. The Bertz CT molecular complexity index is 233. The van der Waals surface area contributed by atoms with Crippen LogP contribution in [0.2, 0.25) is 0 Å². The fraction of sp³-hybridized carbons (Fsp3) is 0.375. The summed E-state index contributed by atoms with van der Waals surface area (Å²) in [7, 11) is 0. The van der Waals surface area contributed by atoms with Crippen LogP contribution in [-0.4, -0.2) is 4.98 Å². The highest BCUT2D eigenvalue weighted by atomic mass is 19.1. The van der Waals surface area contributed by atoms with Crippen molar-refractivity contribution in [1.29, 1.82) is 0 Å². The lowest BCUT2D eigenvalue weighted by Gasteiger charge is -1.98. The number of pyridine rings is 1. The van der Waals surface area contributed by atoms with Crippen LogP contribution in [0, 0.1) is 12.7 Å². The lowest BCUT2D eigenvalue weighted by molar-refractivity contribution is 0.604. The zero-order valence-corrected chi connectivity index (χ0v) is 6.19. The molecule has 1 heterocycles. The number of aryl methyl sites for hydroxylation is 2. The molecule has 1 rings (SSSR count). The predicted molar refractivity (Wildman–Crippen MR) is 38.3 cm³/mol. The molecule has 0 amide bonds. The third-order valence-corrected chi connectivity index (χ3v) is 1.45. The van der Waals surface area contributed by atoms with Gasteiger partial charge in [0.2, 0.25) is 0 Å². The summed E-state index contributed by atoms with van der Waals surface area (Å²) in [5.74, 6) is -0.201. The number of aromatic nitrogens is 1. The van der Waals surface area contributed by atoms with E-state index in [2.05, 4.69) is 4.98 Å². The van der Waals surface area contributed by atoms with Crippen molar-refractivity contribution < 1.29 is 4.39 Å². The van der Waals surface area contributed by atoms with Gasteiger partial charge in [-0.3, -0.25) is 4.98 Å². The standard InChI is InChI=1S/C8H10FN/c1-3-7-4-6(2)10-5-8(7)9/h4-5H,3H2,1-2H3. The third kappa shape index (κ3) is 1.32. The fourth-order valence-corrected chi connectivity index (χ4v) is 0.871. The second-order valence-electron chi connectivity index (χ2n) is 2.27. The molecule has 0 spiro atoms. The first-order chi connectivity index (χ1) is 4.74. The van der Waals surface area contributed by atoms with Gasteiger partial charge in [0.1, 0.15) is 5.82 Å². The molecule has 0 unspecified atom stereocenters. The van der Waals surface area contributed by atoms with Crippen molar-refractivity contribution in [2.75, 3.05) is 0 Å². The lowest BCUT2D eigenvalue weighted by atomic mass is 10.2. The highest BCUT2D eigenvalue weighted by Gasteiger charge is 1.98. The van der Waals surface area contributed by atoms with Crippen LogP contribution < -0.4 is 0 Å². The maximum atomic E-state index is 12.7. The second kappa shape index (κ2) is 2.78. The van der Waals surface area contributed by atoms with E-state index in [4.69, 9.17) is 0 Å². The topological polar surface area (TPSA) is 12.9 Å². The van der Waals surface area contributed by atoms with Gasteiger partial charge in [-0.05, 0) is 25.0 Å². The van der Waals surface area contributed by atoms with Gasteiger partial charge < -0.3 is 0 Å². The van der Waals surface area contributed by atoms with E-state index in [-0.39, 0.29) is 5.82 Å². The first-order valence-corrected chi connectivity index (χ1v) is 3.35. The minimum absolute atomic E-state index is 0.201. The minimum Gasteiger partial charge on any atom is -0.259 e. The van der Waals surface area contributed by atoms with Crippen LogP contribution >= 0.6 is 0 Å². The molecule has 10 heavy (non-hydrogen) atoms. The molecule has 0 saturated carbocycles. The molecule has 0 fully saturated rings. The molecule has 0 atom stereocenters. The molecular weight excluding hydrogens is 129 g/mol. The van der Waals surface area contributed by atoms with E-state index in [0.717, 1.165) is 17.7 Å². The van der Waals surface area contributed by atoms with Crippen molar-refractivity contribution in [2.45, 2.75) is 20.3 Å². The van der Waals surface area contributed by atoms with Crippen LogP contribution in [0.3, 0.4) is 0 Å². The molecular formula is C8H10FN. The highest BCUT2D eigenvalue weighted by Crippen LogP contribution is 2.06. The molecule has 1 aromatic rings. The van der Waals surface area contributed by atoms with Crippen LogP contribution in [0.25, 0.3) is 0 Å². The van der Waals surface area contributed by atoms with E-state index in [0.29, 0.717) is 0 Å². The van der Waals surface area contributed by atoms with E-state index < -0.39 is 0 Å². The predicted octanol–water partition coefficient (Wildman–Crippen LogP) is 2.09. The summed E-state index contributed by atoms with van der Waals surface area (Å²) in [6.45, 7) is 3.79. The molecule has 54 valence electrons. The summed E-state index contributed by atoms with van der Waals surface area (Å²) in [4.78, 5) is 3.81. The number of hydrogen-bond acceptors (Lipinski definition) is 1. The zero-order valence-electron chi connectivity index (χ0n) is 6.19. The van der Waals surface area contributed by atoms with E-state index in [1.807, 2.05) is 13.8 Å². The van der Waals surface area contributed by atoms with Crippen molar-refractivity contribution in [1.82, 2.24) is 4.98 Å². The van der Waals surface area contributed by atoms with Crippen molar-refractivity contribution >= 4 is 0 Å². The molecule has 0 radical (unpaired) electrons. The van der Waals surface area contributed by atoms with Crippen LogP contribution in [0.5, 0.6) is 0 Å². The Balaban J connectivity index is 3.09. The van der Waals surface area contributed by atoms with Crippen LogP contribution in [0.15, 0.2) is 12.3 Å². The SMILES string of the molecule is CCc1cc(C)ncc1F. The van der Waals surface area contributed by atoms with Crippen molar-refractivity contribution in [3.05, 3.63) is 29.3 Å². The first kappa shape index (κ1) is 7.19. The zero-order chi connectivity index (χ0) is 7.56. The van der Waals surface area contributed by atoms with Crippen molar-refractivity contribution in [3.63, 3.8) is 0 Å². The van der Waals surface area contributed by atoms with Crippen LogP contribution in [-0.2, 0) is 6.42 Å². The Labute approximate surface area is 59.9 Å². The van der Waals surface area contributed by atoms with Gasteiger partial charge in [-0.1, -0.05) is 6.92 Å². The van der Waals surface area contributed by atoms with Gasteiger partial charge in [-0.2, -0.15) is 0 Å². The van der Waals surface area contributed by atoms with Crippen LogP contribution in [0.1, 0.15) is 18.2 Å². The summed E-state index contributed by atoms with van der Waals surface area (Å²) >= 11 is 0. The number of halogens is 1. The normalized spacial score (nSPS) is 9.90. The Morgan fingerprint density at radius 2 is 2.30 bits per heavy atom. The smallest absolute Gasteiger partial charge is 0.144 e. The molecule has 0 aliphatic rings. The summed E-state index contributed by atoms with van der Waals surface area (Å²) in [6, 6.07) is 1.77.